The van der Waals surface area contributed by atoms with Crippen LogP contribution in [0.1, 0.15) is 24.9 Å². The molecule has 2 nitrogen and oxygen atoms in total. The highest BCUT2D eigenvalue weighted by Crippen LogP contribution is 2.28. The van der Waals surface area contributed by atoms with Gasteiger partial charge in [-0.3, -0.25) is 0 Å². The molecular weight excluding hydrogens is 245 g/mol. The summed E-state index contributed by atoms with van der Waals surface area (Å²) in [6.07, 6.45) is -1.39. The first-order valence-electron chi connectivity index (χ1n) is 4.77. The molecule has 0 saturated carbocycles. The molecule has 0 aliphatic rings. The SMILES string of the molecule is CC[C@@H](O)[C@@H](N)c1c(F)c(F)c(F)c(F)c1F. The Balaban J connectivity index is 3.44. The second-order valence-corrected chi connectivity index (χ2v) is 3.48. The van der Waals surface area contributed by atoms with Crippen molar-refractivity contribution in [2.75, 3.05) is 0 Å². The molecule has 1 aromatic rings. The van der Waals surface area contributed by atoms with E-state index in [4.69, 9.17) is 5.73 Å². The Kier molecular flexibility index (Phi) is 4.05. The minimum absolute atomic E-state index is 0.0145. The Bertz CT molecular complexity index is 408. The Hall–Kier alpha value is -1.21. The predicted octanol–water partition coefficient (Wildman–Crippen LogP) is 2.15. The number of benzene rings is 1. The van der Waals surface area contributed by atoms with E-state index in [1.165, 1.54) is 6.92 Å². The van der Waals surface area contributed by atoms with Crippen molar-refractivity contribution in [2.24, 2.45) is 5.73 Å². The molecule has 0 unspecified atom stereocenters. The van der Waals surface area contributed by atoms with Gasteiger partial charge in [0.1, 0.15) is 0 Å². The number of hydrogen-bond donors (Lipinski definition) is 2. The fraction of sp³-hybridized carbons (Fsp3) is 0.400. The highest BCUT2D eigenvalue weighted by molar-refractivity contribution is 5.27. The molecule has 0 aliphatic carbocycles. The van der Waals surface area contributed by atoms with E-state index in [2.05, 4.69) is 0 Å². The van der Waals surface area contributed by atoms with Crippen molar-refractivity contribution in [2.45, 2.75) is 25.5 Å². The molecule has 0 aromatic heterocycles. The molecule has 0 heterocycles. The van der Waals surface area contributed by atoms with Crippen molar-refractivity contribution < 1.29 is 27.1 Å². The second-order valence-electron chi connectivity index (χ2n) is 3.48. The molecule has 0 amide bonds. The fourth-order valence-electron chi connectivity index (χ4n) is 1.36. The first-order valence-corrected chi connectivity index (χ1v) is 4.77. The van der Waals surface area contributed by atoms with Crippen LogP contribution in [0.25, 0.3) is 0 Å². The topological polar surface area (TPSA) is 46.2 Å². The van der Waals surface area contributed by atoms with Gasteiger partial charge in [0.25, 0.3) is 0 Å². The molecular formula is C10H10F5NO. The number of halogens is 5. The van der Waals surface area contributed by atoms with Gasteiger partial charge < -0.3 is 10.8 Å². The van der Waals surface area contributed by atoms with Crippen molar-refractivity contribution >= 4 is 0 Å². The Morgan fingerprint density at radius 1 is 0.941 bits per heavy atom. The van der Waals surface area contributed by atoms with Crippen molar-refractivity contribution in [1.29, 1.82) is 0 Å². The molecule has 17 heavy (non-hydrogen) atoms. The zero-order chi connectivity index (χ0) is 13.3. The monoisotopic (exact) mass is 255 g/mol. The Morgan fingerprint density at radius 3 is 1.65 bits per heavy atom. The summed E-state index contributed by atoms with van der Waals surface area (Å²) in [5.74, 6) is -10.4. The van der Waals surface area contributed by atoms with Crippen molar-refractivity contribution in [3.8, 4) is 0 Å². The van der Waals surface area contributed by atoms with E-state index < -0.39 is 46.8 Å². The molecule has 0 spiro atoms. The zero-order valence-electron chi connectivity index (χ0n) is 8.78. The van der Waals surface area contributed by atoms with E-state index in [9.17, 15) is 27.1 Å². The van der Waals surface area contributed by atoms with E-state index in [1.807, 2.05) is 0 Å². The van der Waals surface area contributed by atoms with E-state index in [1.54, 1.807) is 0 Å². The summed E-state index contributed by atoms with van der Waals surface area (Å²) >= 11 is 0. The van der Waals surface area contributed by atoms with Gasteiger partial charge in [-0.1, -0.05) is 6.92 Å². The molecule has 0 bridgehead atoms. The summed E-state index contributed by atoms with van der Waals surface area (Å²) in [5, 5.41) is 9.28. The summed E-state index contributed by atoms with van der Waals surface area (Å²) in [4.78, 5) is 0. The lowest BCUT2D eigenvalue weighted by Gasteiger charge is -2.19. The predicted molar refractivity (Wildman–Crippen MR) is 49.5 cm³/mol. The van der Waals surface area contributed by atoms with Crippen LogP contribution in [0.4, 0.5) is 22.0 Å². The van der Waals surface area contributed by atoms with Crippen LogP contribution in [-0.2, 0) is 0 Å². The molecule has 96 valence electrons. The molecule has 0 fully saturated rings. The standard InChI is InChI=1S/C10H10F5NO/c1-2-3(17)10(16)4-5(11)7(13)9(15)8(14)6(4)12/h3,10,17H,2,16H2,1H3/t3-,10-/m1/s1. The van der Waals surface area contributed by atoms with Crippen molar-refractivity contribution in [3.63, 3.8) is 0 Å². The van der Waals surface area contributed by atoms with Crippen LogP contribution in [0, 0.1) is 29.1 Å². The average Bonchev–Trinajstić information content (AvgIpc) is 2.32. The third-order valence-corrected chi connectivity index (χ3v) is 2.41. The maximum Gasteiger partial charge on any atom is 0.200 e. The smallest absolute Gasteiger partial charge is 0.200 e. The van der Waals surface area contributed by atoms with E-state index >= 15 is 0 Å². The van der Waals surface area contributed by atoms with E-state index in [0.29, 0.717) is 0 Å². The molecule has 2 atom stereocenters. The molecule has 0 radical (unpaired) electrons. The fourth-order valence-corrected chi connectivity index (χ4v) is 1.36. The summed E-state index contributed by atoms with van der Waals surface area (Å²) in [5.41, 5.74) is 4.05. The summed E-state index contributed by atoms with van der Waals surface area (Å²) < 4.78 is 64.9. The number of nitrogens with two attached hydrogens (primary N) is 1. The van der Waals surface area contributed by atoms with Crippen LogP contribution in [0.2, 0.25) is 0 Å². The number of aliphatic hydroxyl groups excluding tert-OH is 1. The van der Waals surface area contributed by atoms with Gasteiger partial charge in [-0.15, -0.1) is 0 Å². The summed E-state index contributed by atoms with van der Waals surface area (Å²) in [6.45, 7) is 1.45. The first-order chi connectivity index (χ1) is 7.82. The molecule has 1 aromatic carbocycles. The quantitative estimate of drug-likeness (QED) is 0.494. The summed E-state index contributed by atoms with van der Waals surface area (Å²) in [6, 6.07) is -1.68. The molecule has 0 saturated heterocycles. The molecule has 1 rings (SSSR count). The number of hydrogen-bond acceptors (Lipinski definition) is 2. The Morgan fingerprint density at radius 2 is 1.29 bits per heavy atom. The maximum atomic E-state index is 13.2. The van der Waals surface area contributed by atoms with Gasteiger partial charge in [0.15, 0.2) is 23.3 Å². The van der Waals surface area contributed by atoms with Gasteiger partial charge in [-0.2, -0.15) is 0 Å². The maximum absolute atomic E-state index is 13.2. The first kappa shape index (κ1) is 13.9. The van der Waals surface area contributed by atoms with Gasteiger partial charge in [0.05, 0.1) is 12.1 Å². The molecule has 7 heteroatoms. The highest BCUT2D eigenvalue weighted by Gasteiger charge is 2.31. The number of rotatable bonds is 3. The van der Waals surface area contributed by atoms with Crippen molar-refractivity contribution in [3.05, 3.63) is 34.6 Å². The minimum Gasteiger partial charge on any atom is -0.391 e. The van der Waals surface area contributed by atoms with Crippen LogP contribution in [-0.4, -0.2) is 11.2 Å². The van der Waals surface area contributed by atoms with Gasteiger partial charge in [-0.05, 0) is 6.42 Å². The lowest BCUT2D eigenvalue weighted by Crippen LogP contribution is -2.28. The van der Waals surface area contributed by atoms with Crippen LogP contribution in [0.3, 0.4) is 0 Å². The third kappa shape index (κ3) is 2.25. The highest BCUT2D eigenvalue weighted by atomic mass is 19.2. The van der Waals surface area contributed by atoms with Crippen LogP contribution < -0.4 is 5.73 Å². The average molecular weight is 255 g/mol. The molecule has 0 aliphatic heterocycles. The van der Waals surface area contributed by atoms with Crippen molar-refractivity contribution in [1.82, 2.24) is 0 Å². The lowest BCUT2D eigenvalue weighted by atomic mass is 9.99. The minimum atomic E-state index is -2.25. The Labute approximate surface area is 93.9 Å². The van der Waals surface area contributed by atoms with E-state index in [0.717, 1.165) is 0 Å². The second kappa shape index (κ2) is 4.97. The van der Waals surface area contributed by atoms with Gasteiger partial charge in [0, 0.05) is 5.56 Å². The van der Waals surface area contributed by atoms with Crippen LogP contribution >= 0.6 is 0 Å². The molecule has 3 N–H and O–H groups in total. The zero-order valence-corrected chi connectivity index (χ0v) is 8.78. The van der Waals surface area contributed by atoms with Gasteiger partial charge >= 0.3 is 0 Å². The normalized spacial score (nSPS) is 14.8. The third-order valence-electron chi connectivity index (χ3n) is 2.41. The van der Waals surface area contributed by atoms with Crippen LogP contribution in [0.5, 0.6) is 0 Å². The van der Waals surface area contributed by atoms with E-state index in [-0.39, 0.29) is 6.42 Å². The largest absolute Gasteiger partial charge is 0.391 e. The van der Waals surface area contributed by atoms with Crippen LogP contribution in [0.15, 0.2) is 0 Å². The number of aliphatic hydroxyl groups is 1. The van der Waals surface area contributed by atoms with Gasteiger partial charge in [0.2, 0.25) is 5.82 Å². The van der Waals surface area contributed by atoms with Gasteiger partial charge in [-0.25, -0.2) is 22.0 Å². The summed E-state index contributed by atoms with van der Waals surface area (Å²) in [7, 11) is 0. The lowest BCUT2D eigenvalue weighted by molar-refractivity contribution is 0.136.